The summed E-state index contributed by atoms with van der Waals surface area (Å²) in [5.74, 6) is 1.36. The topological polar surface area (TPSA) is 44.5 Å². The Morgan fingerprint density at radius 1 is 1.10 bits per heavy atom. The van der Waals surface area contributed by atoms with Crippen molar-refractivity contribution in [3.8, 4) is 22.6 Å². The maximum atomic E-state index is 6.29. The summed E-state index contributed by atoms with van der Waals surface area (Å²) in [5.41, 5.74) is 7.32. The van der Waals surface area contributed by atoms with E-state index in [0.717, 1.165) is 11.1 Å². The second-order valence-corrected chi connectivity index (χ2v) is 5.31. The molecule has 0 fully saturated rings. The van der Waals surface area contributed by atoms with Crippen molar-refractivity contribution in [3.05, 3.63) is 46.4 Å². The van der Waals surface area contributed by atoms with Crippen molar-refractivity contribution < 1.29 is 9.47 Å². The van der Waals surface area contributed by atoms with E-state index >= 15 is 0 Å². The van der Waals surface area contributed by atoms with Crippen LogP contribution in [0.25, 0.3) is 11.1 Å². The van der Waals surface area contributed by atoms with E-state index in [1.807, 2.05) is 30.3 Å². The van der Waals surface area contributed by atoms with Gasteiger partial charge in [-0.05, 0) is 12.1 Å². The number of rotatable bonds is 2. The van der Waals surface area contributed by atoms with Crippen molar-refractivity contribution in [2.45, 2.75) is 6.10 Å². The Balaban J connectivity index is 2.13. The van der Waals surface area contributed by atoms with Gasteiger partial charge in [0.2, 0.25) is 0 Å². The lowest BCUT2D eigenvalue weighted by atomic mass is 10.0. The van der Waals surface area contributed by atoms with E-state index < -0.39 is 0 Å². The van der Waals surface area contributed by atoms with Crippen molar-refractivity contribution in [2.75, 3.05) is 13.2 Å². The molecule has 20 heavy (non-hydrogen) atoms. The number of nitrogens with two attached hydrogens (primary N) is 1. The fourth-order valence-electron chi connectivity index (χ4n) is 2.17. The third-order valence-electron chi connectivity index (χ3n) is 3.19. The Hall–Kier alpha value is -1.42. The number of benzene rings is 2. The zero-order valence-electron chi connectivity index (χ0n) is 10.6. The summed E-state index contributed by atoms with van der Waals surface area (Å²) in [6.45, 7) is 0.854. The van der Waals surface area contributed by atoms with Crippen LogP contribution in [0.2, 0.25) is 10.0 Å². The third-order valence-corrected chi connectivity index (χ3v) is 4.01. The Morgan fingerprint density at radius 3 is 2.65 bits per heavy atom. The van der Waals surface area contributed by atoms with Gasteiger partial charge in [-0.25, -0.2) is 0 Å². The predicted molar refractivity (Wildman–Crippen MR) is 80.9 cm³/mol. The van der Waals surface area contributed by atoms with Crippen LogP contribution >= 0.6 is 23.2 Å². The van der Waals surface area contributed by atoms with E-state index in [-0.39, 0.29) is 6.10 Å². The molecule has 104 valence electrons. The van der Waals surface area contributed by atoms with Crippen molar-refractivity contribution >= 4 is 23.2 Å². The lowest BCUT2D eigenvalue weighted by Crippen LogP contribution is -2.35. The zero-order chi connectivity index (χ0) is 14.1. The number of halogens is 2. The molecule has 0 unspecified atom stereocenters. The normalized spacial score (nSPS) is 17.1. The Morgan fingerprint density at radius 2 is 1.85 bits per heavy atom. The van der Waals surface area contributed by atoms with Crippen LogP contribution in [0.15, 0.2) is 36.4 Å². The SMILES string of the molecule is NC[C@H]1COc2cccc(-c3cccc(Cl)c3Cl)c2O1. The molecule has 1 heterocycles. The first-order valence-corrected chi connectivity index (χ1v) is 7.03. The molecule has 3 nitrogen and oxygen atoms in total. The minimum absolute atomic E-state index is 0.151. The first-order chi connectivity index (χ1) is 9.70. The lowest BCUT2D eigenvalue weighted by Gasteiger charge is -2.27. The molecule has 0 aliphatic carbocycles. The molecular formula is C15H13Cl2NO2. The average molecular weight is 310 g/mol. The second-order valence-electron chi connectivity index (χ2n) is 4.52. The molecule has 0 bridgehead atoms. The summed E-state index contributed by atoms with van der Waals surface area (Å²) in [7, 11) is 0. The molecular weight excluding hydrogens is 297 g/mol. The highest BCUT2D eigenvalue weighted by Crippen LogP contribution is 2.44. The van der Waals surface area contributed by atoms with Crippen LogP contribution in [-0.4, -0.2) is 19.3 Å². The van der Waals surface area contributed by atoms with Crippen molar-refractivity contribution in [1.29, 1.82) is 0 Å². The van der Waals surface area contributed by atoms with Gasteiger partial charge in [0.05, 0.1) is 10.0 Å². The van der Waals surface area contributed by atoms with Crippen LogP contribution in [0.4, 0.5) is 0 Å². The highest BCUT2D eigenvalue weighted by atomic mass is 35.5. The van der Waals surface area contributed by atoms with Gasteiger partial charge in [-0.1, -0.05) is 47.5 Å². The van der Waals surface area contributed by atoms with E-state index in [0.29, 0.717) is 34.7 Å². The quantitative estimate of drug-likeness (QED) is 0.918. The number of hydrogen-bond donors (Lipinski definition) is 1. The highest BCUT2D eigenvalue weighted by molar-refractivity contribution is 6.43. The highest BCUT2D eigenvalue weighted by Gasteiger charge is 2.24. The summed E-state index contributed by atoms with van der Waals surface area (Å²) >= 11 is 12.4. The molecule has 0 saturated carbocycles. The summed E-state index contributed by atoms with van der Waals surface area (Å²) in [4.78, 5) is 0. The van der Waals surface area contributed by atoms with Crippen LogP contribution in [0, 0.1) is 0 Å². The van der Waals surface area contributed by atoms with Gasteiger partial charge < -0.3 is 15.2 Å². The molecule has 0 spiro atoms. The number of ether oxygens (including phenoxy) is 2. The summed E-state index contributed by atoms with van der Waals surface area (Å²) in [6, 6.07) is 11.2. The standard InChI is InChI=1S/C15H13Cl2NO2/c16-12-5-1-3-10(14(12)17)11-4-2-6-13-15(11)20-9(7-18)8-19-13/h1-6,9H,7-8,18H2/t9-/m0/s1. The maximum absolute atomic E-state index is 6.29. The predicted octanol–water partition coefficient (Wildman–Crippen LogP) is 3.76. The minimum Gasteiger partial charge on any atom is -0.486 e. The average Bonchev–Trinajstić information content (AvgIpc) is 2.49. The number of hydrogen-bond acceptors (Lipinski definition) is 3. The Labute approximate surface area is 127 Å². The van der Waals surface area contributed by atoms with Crippen LogP contribution < -0.4 is 15.2 Å². The third kappa shape index (κ3) is 2.33. The molecule has 3 rings (SSSR count). The second kappa shape index (κ2) is 5.52. The molecule has 2 aromatic carbocycles. The molecule has 2 N–H and O–H groups in total. The van der Waals surface area contributed by atoms with Crippen molar-refractivity contribution in [1.82, 2.24) is 0 Å². The summed E-state index contributed by atoms with van der Waals surface area (Å²) in [6.07, 6.45) is -0.151. The Bertz CT molecular complexity index is 646. The molecule has 1 aliphatic heterocycles. The molecule has 0 saturated heterocycles. The monoisotopic (exact) mass is 309 g/mol. The molecule has 0 amide bonds. The van der Waals surface area contributed by atoms with Crippen molar-refractivity contribution in [3.63, 3.8) is 0 Å². The molecule has 2 aromatic rings. The van der Waals surface area contributed by atoms with E-state index in [9.17, 15) is 0 Å². The lowest BCUT2D eigenvalue weighted by molar-refractivity contribution is 0.0976. The molecule has 0 radical (unpaired) electrons. The zero-order valence-corrected chi connectivity index (χ0v) is 12.1. The van der Waals surface area contributed by atoms with Gasteiger partial charge in [-0.3, -0.25) is 0 Å². The maximum Gasteiger partial charge on any atom is 0.169 e. The summed E-state index contributed by atoms with van der Waals surface area (Å²) in [5, 5.41) is 1.01. The number of para-hydroxylation sites is 1. The first-order valence-electron chi connectivity index (χ1n) is 6.27. The van der Waals surface area contributed by atoms with E-state index in [1.54, 1.807) is 6.07 Å². The fourth-order valence-corrected chi connectivity index (χ4v) is 2.58. The van der Waals surface area contributed by atoms with Gasteiger partial charge in [0.1, 0.15) is 12.7 Å². The van der Waals surface area contributed by atoms with Crippen molar-refractivity contribution in [2.24, 2.45) is 5.73 Å². The largest absolute Gasteiger partial charge is 0.486 e. The van der Waals surface area contributed by atoms with E-state index in [2.05, 4.69) is 0 Å². The number of fused-ring (bicyclic) bond motifs is 1. The van der Waals surface area contributed by atoms with Crippen LogP contribution in [0.1, 0.15) is 0 Å². The van der Waals surface area contributed by atoms with Gasteiger partial charge in [0.25, 0.3) is 0 Å². The molecule has 0 aromatic heterocycles. The van der Waals surface area contributed by atoms with Gasteiger partial charge in [-0.2, -0.15) is 0 Å². The van der Waals surface area contributed by atoms with Gasteiger partial charge >= 0.3 is 0 Å². The molecule has 5 heteroatoms. The van der Waals surface area contributed by atoms with Crippen LogP contribution in [-0.2, 0) is 0 Å². The van der Waals surface area contributed by atoms with Gasteiger partial charge in [0, 0.05) is 17.7 Å². The first kappa shape index (κ1) is 13.6. The Kier molecular flexibility index (Phi) is 3.74. The van der Waals surface area contributed by atoms with Crippen LogP contribution in [0.5, 0.6) is 11.5 Å². The fraction of sp³-hybridized carbons (Fsp3) is 0.200. The smallest absolute Gasteiger partial charge is 0.169 e. The minimum atomic E-state index is -0.151. The molecule has 1 atom stereocenters. The van der Waals surface area contributed by atoms with E-state index in [4.69, 9.17) is 38.4 Å². The summed E-state index contributed by atoms with van der Waals surface area (Å²) < 4.78 is 11.6. The molecule has 1 aliphatic rings. The van der Waals surface area contributed by atoms with Gasteiger partial charge in [-0.15, -0.1) is 0 Å². The van der Waals surface area contributed by atoms with Crippen LogP contribution in [0.3, 0.4) is 0 Å². The van der Waals surface area contributed by atoms with Gasteiger partial charge in [0.15, 0.2) is 11.5 Å². The van der Waals surface area contributed by atoms with E-state index in [1.165, 1.54) is 0 Å².